The fourth-order valence-electron chi connectivity index (χ4n) is 2.82. The minimum absolute atomic E-state index is 0.166. The van der Waals surface area contributed by atoms with Gasteiger partial charge in [-0.05, 0) is 49.4 Å². The van der Waals surface area contributed by atoms with E-state index in [9.17, 15) is 9.59 Å². The van der Waals surface area contributed by atoms with Gasteiger partial charge < -0.3 is 25.4 Å². The van der Waals surface area contributed by atoms with Crippen molar-refractivity contribution in [3.8, 4) is 0 Å². The van der Waals surface area contributed by atoms with Gasteiger partial charge >= 0.3 is 5.97 Å². The van der Waals surface area contributed by atoms with Crippen molar-refractivity contribution in [1.29, 1.82) is 0 Å². The SMILES string of the molecule is CC(OC(=O)c1ccc(Cl)cc1N)C(=O)Nc1ccc(N2CCOCC2)cc1. The third-order valence-electron chi connectivity index (χ3n) is 4.40. The van der Waals surface area contributed by atoms with Crippen LogP contribution in [0.2, 0.25) is 5.02 Å². The second kappa shape index (κ2) is 8.95. The van der Waals surface area contributed by atoms with Crippen LogP contribution in [-0.2, 0) is 14.3 Å². The number of esters is 1. The van der Waals surface area contributed by atoms with E-state index in [4.69, 9.17) is 26.8 Å². The monoisotopic (exact) mass is 403 g/mol. The Labute approximate surface area is 168 Å². The van der Waals surface area contributed by atoms with Gasteiger partial charge in [0, 0.05) is 35.2 Å². The number of benzene rings is 2. The van der Waals surface area contributed by atoms with E-state index in [1.54, 1.807) is 0 Å². The Morgan fingerprint density at radius 2 is 1.86 bits per heavy atom. The molecule has 1 atom stereocenters. The Kier molecular flexibility index (Phi) is 6.38. The Hall–Kier alpha value is -2.77. The molecule has 1 saturated heterocycles. The van der Waals surface area contributed by atoms with Crippen molar-refractivity contribution < 1.29 is 19.1 Å². The van der Waals surface area contributed by atoms with Gasteiger partial charge in [-0.15, -0.1) is 0 Å². The molecule has 3 rings (SSSR count). The van der Waals surface area contributed by atoms with Gasteiger partial charge in [0.25, 0.3) is 5.91 Å². The second-order valence-corrected chi connectivity index (χ2v) is 6.85. The van der Waals surface area contributed by atoms with E-state index in [2.05, 4.69) is 10.2 Å². The number of hydrogen-bond donors (Lipinski definition) is 2. The molecule has 0 bridgehead atoms. The Morgan fingerprint density at radius 1 is 1.18 bits per heavy atom. The van der Waals surface area contributed by atoms with Gasteiger partial charge in [0.2, 0.25) is 0 Å². The van der Waals surface area contributed by atoms with Crippen molar-refractivity contribution in [1.82, 2.24) is 0 Å². The molecule has 0 aromatic heterocycles. The summed E-state index contributed by atoms with van der Waals surface area (Å²) < 4.78 is 10.6. The van der Waals surface area contributed by atoms with Crippen LogP contribution in [0.3, 0.4) is 0 Å². The maximum Gasteiger partial charge on any atom is 0.341 e. The third kappa shape index (κ3) is 4.94. The highest BCUT2D eigenvalue weighted by atomic mass is 35.5. The molecule has 7 nitrogen and oxygen atoms in total. The average Bonchev–Trinajstić information content (AvgIpc) is 2.69. The summed E-state index contributed by atoms with van der Waals surface area (Å²) in [5.41, 5.74) is 7.83. The zero-order valence-corrected chi connectivity index (χ0v) is 16.2. The molecule has 0 spiro atoms. The fourth-order valence-corrected chi connectivity index (χ4v) is 3.00. The van der Waals surface area contributed by atoms with E-state index in [0.717, 1.165) is 18.8 Å². The molecule has 28 heavy (non-hydrogen) atoms. The summed E-state index contributed by atoms with van der Waals surface area (Å²) in [6.07, 6.45) is -0.985. The lowest BCUT2D eigenvalue weighted by atomic mass is 10.2. The smallest absolute Gasteiger partial charge is 0.341 e. The van der Waals surface area contributed by atoms with Gasteiger partial charge in [-0.3, -0.25) is 4.79 Å². The standard InChI is InChI=1S/C20H22ClN3O4/c1-13(28-20(26)17-7-2-14(21)12-18(17)22)19(25)23-15-3-5-16(6-4-15)24-8-10-27-11-9-24/h2-7,12-13H,8-11,22H2,1H3,(H,23,25). The van der Waals surface area contributed by atoms with Crippen LogP contribution in [0.15, 0.2) is 42.5 Å². The van der Waals surface area contributed by atoms with E-state index in [-0.39, 0.29) is 11.3 Å². The molecule has 1 aliphatic heterocycles. The molecule has 3 N–H and O–H groups in total. The van der Waals surface area contributed by atoms with Crippen LogP contribution in [0.25, 0.3) is 0 Å². The number of nitrogens with two attached hydrogens (primary N) is 1. The first kappa shape index (κ1) is 20.0. The number of amides is 1. The molecular weight excluding hydrogens is 382 g/mol. The Morgan fingerprint density at radius 3 is 2.50 bits per heavy atom. The first-order chi connectivity index (χ1) is 13.4. The second-order valence-electron chi connectivity index (χ2n) is 6.41. The molecule has 1 aliphatic rings. The average molecular weight is 404 g/mol. The van der Waals surface area contributed by atoms with E-state index in [0.29, 0.717) is 23.9 Å². The number of nitrogens with one attached hydrogen (secondary N) is 1. The summed E-state index contributed by atoms with van der Waals surface area (Å²) in [5, 5.41) is 3.16. The molecule has 0 saturated carbocycles. The van der Waals surface area contributed by atoms with Gasteiger partial charge in [0.1, 0.15) is 0 Å². The van der Waals surface area contributed by atoms with Crippen molar-refractivity contribution in [3.05, 3.63) is 53.1 Å². The van der Waals surface area contributed by atoms with Crippen molar-refractivity contribution in [3.63, 3.8) is 0 Å². The fraction of sp³-hybridized carbons (Fsp3) is 0.300. The molecule has 1 amide bonds. The van der Waals surface area contributed by atoms with Gasteiger partial charge in [-0.25, -0.2) is 4.79 Å². The molecule has 2 aromatic carbocycles. The van der Waals surface area contributed by atoms with E-state index < -0.39 is 18.0 Å². The summed E-state index contributed by atoms with van der Waals surface area (Å²) >= 11 is 5.82. The first-order valence-corrected chi connectivity index (χ1v) is 9.31. The zero-order valence-electron chi connectivity index (χ0n) is 15.5. The quantitative estimate of drug-likeness (QED) is 0.589. The van der Waals surface area contributed by atoms with Crippen molar-refractivity contribution in [2.45, 2.75) is 13.0 Å². The van der Waals surface area contributed by atoms with Crippen LogP contribution in [0.1, 0.15) is 17.3 Å². The predicted molar refractivity (Wildman–Crippen MR) is 109 cm³/mol. The van der Waals surface area contributed by atoms with Crippen molar-refractivity contribution in [2.24, 2.45) is 0 Å². The molecule has 0 radical (unpaired) electrons. The van der Waals surface area contributed by atoms with Crippen LogP contribution in [-0.4, -0.2) is 44.3 Å². The summed E-state index contributed by atoms with van der Waals surface area (Å²) in [6, 6.07) is 12.0. The lowest BCUT2D eigenvalue weighted by Crippen LogP contribution is -2.36. The van der Waals surface area contributed by atoms with Crippen LogP contribution in [0, 0.1) is 0 Å². The zero-order chi connectivity index (χ0) is 20.1. The minimum atomic E-state index is -0.985. The van der Waals surface area contributed by atoms with Crippen LogP contribution < -0.4 is 16.0 Å². The number of carbonyl (C=O) groups excluding carboxylic acids is 2. The lowest BCUT2D eigenvalue weighted by Gasteiger charge is -2.28. The van der Waals surface area contributed by atoms with Crippen molar-refractivity contribution in [2.75, 3.05) is 42.3 Å². The molecule has 0 aliphatic carbocycles. The number of morpholine rings is 1. The highest BCUT2D eigenvalue weighted by Gasteiger charge is 2.21. The van der Waals surface area contributed by atoms with E-state index in [1.165, 1.54) is 25.1 Å². The number of rotatable bonds is 5. The molecule has 1 unspecified atom stereocenters. The number of ether oxygens (including phenoxy) is 2. The van der Waals surface area contributed by atoms with Crippen LogP contribution in [0.4, 0.5) is 17.1 Å². The third-order valence-corrected chi connectivity index (χ3v) is 4.63. The lowest BCUT2D eigenvalue weighted by molar-refractivity contribution is -0.123. The topological polar surface area (TPSA) is 93.9 Å². The highest BCUT2D eigenvalue weighted by molar-refractivity contribution is 6.31. The summed E-state index contributed by atoms with van der Waals surface area (Å²) in [7, 11) is 0. The Bertz CT molecular complexity index is 851. The Balaban J connectivity index is 1.56. The number of hydrogen-bond acceptors (Lipinski definition) is 6. The number of anilines is 3. The molecule has 1 heterocycles. The maximum absolute atomic E-state index is 12.3. The van der Waals surface area contributed by atoms with Gasteiger partial charge in [-0.1, -0.05) is 11.6 Å². The number of nitrogens with zero attached hydrogens (tertiary/aromatic N) is 1. The van der Waals surface area contributed by atoms with E-state index >= 15 is 0 Å². The van der Waals surface area contributed by atoms with Gasteiger partial charge in [0.05, 0.1) is 18.8 Å². The molecule has 8 heteroatoms. The number of carbonyl (C=O) groups is 2. The normalized spacial score (nSPS) is 15.0. The highest BCUT2D eigenvalue weighted by Crippen LogP contribution is 2.21. The summed E-state index contributed by atoms with van der Waals surface area (Å²) in [6.45, 7) is 4.60. The molecular formula is C20H22ClN3O4. The molecule has 2 aromatic rings. The van der Waals surface area contributed by atoms with Crippen LogP contribution >= 0.6 is 11.6 Å². The van der Waals surface area contributed by atoms with Gasteiger partial charge in [0.15, 0.2) is 6.10 Å². The van der Waals surface area contributed by atoms with E-state index in [1.807, 2.05) is 24.3 Å². The summed E-state index contributed by atoms with van der Waals surface area (Å²) in [5.74, 6) is -1.11. The minimum Gasteiger partial charge on any atom is -0.449 e. The number of nitrogen functional groups attached to an aromatic ring is 1. The van der Waals surface area contributed by atoms with Crippen molar-refractivity contribution >= 4 is 40.5 Å². The van der Waals surface area contributed by atoms with Gasteiger partial charge in [-0.2, -0.15) is 0 Å². The van der Waals surface area contributed by atoms with Crippen LogP contribution in [0.5, 0.6) is 0 Å². The molecule has 1 fully saturated rings. The molecule has 148 valence electrons. The maximum atomic E-state index is 12.3. The predicted octanol–water partition coefficient (Wildman–Crippen LogP) is 2.94. The summed E-state index contributed by atoms with van der Waals surface area (Å²) in [4.78, 5) is 26.8. The largest absolute Gasteiger partial charge is 0.449 e. The first-order valence-electron chi connectivity index (χ1n) is 8.93. The number of halogens is 1.